The number of anilines is 1. The molecule has 0 saturated carbocycles. The van der Waals surface area contributed by atoms with Crippen molar-refractivity contribution in [2.75, 3.05) is 18.2 Å². The van der Waals surface area contributed by atoms with Gasteiger partial charge in [-0.25, -0.2) is 0 Å². The van der Waals surface area contributed by atoms with Crippen LogP contribution in [-0.4, -0.2) is 38.7 Å². The number of nitrogens with one attached hydrogen (secondary N) is 1. The Balaban J connectivity index is 1.45. The summed E-state index contributed by atoms with van der Waals surface area (Å²) in [5, 5.41) is 15.4. The lowest BCUT2D eigenvalue weighted by Crippen LogP contribution is -2.16. The van der Waals surface area contributed by atoms with Crippen LogP contribution in [0.1, 0.15) is 11.3 Å². The third-order valence-corrected chi connectivity index (χ3v) is 6.77. The summed E-state index contributed by atoms with van der Waals surface area (Å²) in [6, 6.07) is 9.79. The molecule has 2 heterocycles. The Labute approximate surface area is 169 Å². The number of rotatable bonds is 8. The molecule has 0 aliphatic rings. The van der Waals surface area contributed by atoms with Crippen LogP contribution in [-0.2, 0) is 17.6 Å². The Morgan fingerprint density at radius 1 is 1.22 bits per heavy atom. The molecule has 27 heavy (non-hydrogen) atoms. The van der Waals surface area contributed by atoms with E-state index in [1.165, 1.54) is 28.7 Å². The van der Waals surface area contributed by atoms with Crippen LogP contribution in [0.3, 0.4) is 0 Å². The number of hydrogen-bond donors (Lipinski definition) is 1. The maximum atomic E-state index is 12.1. The molecule has 2 aromatic heterocycles. The highest BCUT2D eigenvalue weighted by Crippen LogP contribution is 2.31. The fourth-order valence-electron chi connectivity index (χ4n) is 2.21. The molecule has 0 aliphatic carbocycles. The number of amides is 1. The maximum absolute atomic E-state index is 12.1. The van der Waals surface area contributed by atoms with Crippen molar-refractivity contribution >= 4 is 46.6 Å². The summed E-state index contributed by atoms with van der Waals surface area (Å²) in [5.41, 5.74) is 2.05. The van der Waals surface area contributed by atoms with E-state index in [0.29, 0.717) is 5.82 Å². The van der Waals surface area contributed by atoms with Crippen LogP contribution >= 0.6 is 34.9 Å². The number of methoxy groups -OCH3 is 1. The highest BCUT2D eigenvalue weighted by molar-refractivity contribution is 8.03. The van der Waals surface area contributed by atoms with Gasteiger partial charge in [0, 0.05) is 18.9 Å². The third-order valence-electron chi connectivity index (χ3n) is 3.51. The number of aryl methyl sites for hydroxylation is 2. The summed E-state index contributed by atoms with van der Waals surface area (Å²) in [7, 11) is 3.45. The van der Waals surface area contributed by atoms with Gasteiger partial charge in [0.15, 0.2) is 8.68 Å². The van der Waals surface area contributed by atoms with Gasteiger partial charge in [0.05, 0.1) is 18.6 Å². The first-order valence-corrected chi connectivity index (χ1v) is 10.8. The number of aromatic nitrogens is 4. The summed E-state index contributed by atoms with van der Waals surface area (Å²) >= 11 is 4.51. The molecule has 0 fully saturated rings. The van der Waals surface area contributed by atoms with Crippen molar-refractivity contribution in [3.8, 4) is 5.75 Å². The molecule has 0 unspecified atom stereocenters. The second-order valence-electron chi connectivity index (χ2n) is 5.60. The lowest BCUT2D eigenvalue weighted by molar-refractivity contribution is -0.113. The number of ether oxygens (including phenoxy) is 1. The van der Waals surface area contributed by atoms with Crippen LogP contribution in [0.15, 0.2) is 39.0 Å². The average Bonchev–Trinajstić information content (AvgIpc) is 3.24. The molecule has 142 valence electrons. The van der Waals surface area contributed by atoms with E-state index in [1.807, 2.05) is 37.3 Å². The average molecular weight is 422 g/mol. The van der Waals surface area contributed by atoms with Gasteiger partial charge in [-0.05, 0) is 24.6 Å². The lowest BCUT2D eigenvalue weighted by Gasteiger charge is -2.03. The Bertz CT molecular complexity index is 908. The molecule has 0 atom stereocenters. The number of carbonyl (C=O) groups is 1. The molecule has 3 rings (SSSR count). The van der Waals surface area contributed by atoms with E-state index in [1.54, 1.807) is 30.6 Å². The summed E-state index contributed by atoms with van der Waals surface area (Å²) in [4.78, 5) is 12.1. The first kappa shape index (κ1) is 19.7. The zero-order valence-electron chi connectivity index (χ0n) is 15.1. The second-order valence-corrected chi connectivity index (χ2v) is 9.02. The lowest BCUT2D eigenvalue weighted by atomic mass is 10.2. The van der Waals surface area contributed by atoms with Crippen molar-refractivity contribution in [3.05, 3.63) is 41.6 Å². The van der Waals surface area contributed by atoms with Crippen molar-refractivity contribution in [2.24, 2.45) is 7.05 Å². The smallest absolute Gasteiger partial charge is 0.235 e. The van der Waals surface area contributed by atoms with Gasteiger partial charge in [0.1, 0.15) is 11.6 Å². The Morgan fingerprint density at radius 3 is 2.56 bits per heavy atom. The van der Waals surface area contributed by atoms with Gasteiger partial charge in [-0.15, -0.1) is 10.2 Å². The van der Waals surface area contributed by atoms with Gasteiger partial charge >= 0.3 is 0 Å². The van der Waals surface area contributed by atoms with E-state index in [9.17, 15) is 4.79 Å². The highest BCUT2D eigenvalue weighted by Gasteiger charge is 2.11. The normalized spacial score (nSPS) is 10.8. The predicted octanol–water partition coefficient (Wildman–Crippen LogP) is 3.61. The zero-order valence-corrected chi connectivity index (χ0v) is 17.6. The van der Waals surface area contributed by atoms with Crippen LogP contribution in [0.2, 0.25) is 0 Å². The van der Waals surface area contributed by atoms with E-state index < -0.39 is 0 Å². The van der Waals surface area contributed by atoms with E-state index in [4.69, 9.17) is 4.74 Å². The Hall–Kier alpha value is -2.04. The van der Waals surface area contributed by atoms with Gasteiger partial charge < -0.3 is 10.1 Å². The standard InChI is InChI=1S/C17H19N5O2S3/c1-11-8-14(22(2)21-11)18-15(23)10-26-17-20-19-16(27-17)25-9-12-4-6-13(24-3)7-5-12/h4-8H,9-10H2,1-3H3,(H,18,23). The molecule has 0 radical (unpaired) electrons. The van der Waals surface area contributed by atoms with Crippen LogP contribution in [0.25, 0.3) is 0 Å². The van der Waals surface area contributed by atoms with Gasteiger partial charge in [0.2, 0.25) is 5.91 Å². The minimum Gasteiger partial charge on any atom is -0.497 e. The predicted molar refractivity (Wildman–Crippen MR) is 110 cm³/mol. The molecular formula is C17H19N5O2S3. The molecule has 0 spiro atoms. The first-order valence-electron chi connectivity index (χ1n) is 8.06. The molecular weight excluding hydrogens is 402 g/mol. The Morgan fingerprint density at radius 2 is 1.93 bits per heavy atom. The summed E-state index contributed by atoms with van der Waals surface area (Å²) in [6.07, 6.45) is 0. The molecule has 10 heteroatoms. The summed E-state index contributed by atoms with van der Waals surface area (Å²) < 4.78 is 8.48. The molecule has 0 bridgehead atoms. The molecule has 1 amide bonds. The molecule has 1 aromatic carbocycles. The molecule has 0 aliphatic heterocycles. The van der Waals surface area contributed by atoms with Crippen molar-refractivity contribution < 1.29 is 9.53 Å². The fourth-order valence-corrected chi connectivity index (χ4v) is 4.99. The number of nitrogens with zero attached hydrogens (tertiary/aromatic N) is 4. The van der Waals surface area contributed by atoms with Crippen molar-refractivity contribution in [2.45, 2.75) is 21.4 Å². The third kappa shape index (κ3) is 5.72. The topological polar surface area (TPSA) is 81.9 Å². The van der Waals surface area contributed by atoms with Gasteiger partial charge in [-0.3, -0.25) is 9.48 Å². The summed E-state index contributed by atoms with van der Waals surface area (Å²) in [5.74, 6) is 2.53. The largest absolute Gasteiger partial charge is 0.497 e. The first-order chi connectivity index (χ1) is 13.0. The zero-order chi connectivity index (χ0) is 19.2. The minimum atomic E-state index is -0.0920. The van der Waals surface area contributed by atoms with E-state index in [0.717, 1.165) is 25.9 Å². The molecule has 7 nitrogen and oxygen atoms in total. The maximum Gasteiger partial charge on any atom is 0.235 e. The molecule has 1 N–H and O–H groups in total. The minimum absolute atomic E-state index is 0.0920. The number of hydrogen-bond acceptors (Lipinski definition) is 8. The molecule has 0 saturated heterocycles. The van der Waals surface area contributed by atoms with Gasteiger partial charge in [-0.1, -0.05) is 47.0 Å². The van der Waals surface area contributed by atoms with Crippen molar-refractivity contribution in [1.29, 1.82) is 0 Å². The van der Waals surface area contributed by atoms with Crippen molar-refractivity contribution in [3.63, 3.8) is 0 Å². The van der Waals surface area contributed by atoms with Gasteiger partial charge in [0.25, 0.3) is 0 Å². The van der Waals surface area contributed by atoms with Crippen LogP contribution in [0.5, 0.6) is 5.75 Å². The number of thioether (sulfide) groups is 2. The molecule has 3 aromatic rings. The van der Waals surface area contributed by atoms with Gasteiger partial charge in [-0.2, -0.15) is 5.10 Å². The monoisotopic (exact) mass is 421 g/mol. The van der Waals surface area contributed by atoms with Crippen LogP contribution in [0, 0.1) is 6.92 Å². The quantitative estimate of drug-likeness (QED) is 0.556. The Kier molecular flexibility index (Phi) is 6.75. The van der Waals surface area contributed by atoms with E-state index in [2.05, 4.69) is 20.6 Å². The van der Waals surface area contributed by atoms with Crippen LogP contribution in [0.4, 0.5) is 5.82 Å². The van der Waals surface area contributed by atoms with E-state index in [-0.39, 0.29) is 11.7 Å². The number of benzene rings is 1. The van der Waals surface area contributed by atoms with Crippen LogP contribution < -0.4 is 10.1 Å². The second kappa shape index (κ2) is 9.25. The van der Waals surface area contributed by atoms with E-state index >= 15 is 0 Å². The highest BCUT2D eigenvalue weighted by atomic mass is 32.2. The summed E-state index contributed by atoms with van der Waals surface area (Å²) in [6.45, 7) is 1.89. The SMILES string of the molecule is COc1ccc(CSc2nnc(SCC(=O)Nc3cc(C)nn3C)s2)cc1. The number of carbonyl (C=O) groups excluding carboxylic acids is 1. The van der Waals surface area contributed by atoms with Crippen molar-refractivity contribution in [1.82, 2.24) is 20.0 Å². The fraction of sp³-hybridized carbons (Fsp3) is 0.294.